The molecular formula is C13H15N3O3S. The summed E-state index contributed by atoms with van der Waals surface area (Å²) in [4.78, 5) is 18.5. The zero-order valence-corrected chi connectivity index (χ0v) is 11.5. The number of hydrogen-bond acceptors (Lipinski definition) is 5. The number of nitrogens with zero attached hydrogens (tertiary/aromatic N) is 1. The van der Waals surface area contributed by atoms with Crippen LogP contribution in [0.5, 0.6) is 0 Å². The number of imidazole rings is 1. The molecule has 0 amide bonds. The first-order valence-electron chi connectivity index (χ1n) is 6.38. The number of nitrogens with two attached hydrogens (primary N) is 1. The van der Waals surface area contributed by atoms with Gasteiger partial charge < -0.3 is 20.6 Å². The number of ether oxygens (including phenoxy) is 1. The summed E-state index contributed by atoms with van der Waals surface area (Å²) < 4.78 is 5.46. The van der Waals surface area contributed by atoms with E-state index < -0.39 is 12.1 Å². The number of benzene rings is 1. The summed E-state index contributed by atoms with van der Waals surface area (Å²) in [6.07, 6.45) is 0.671. The van der Waals surface area contributed by atoms with Crippen molar-refractivity contribution >= 4 is 34.5 Å². The number of nitrogen functional groups attached to an aromatic ring is 1. The van der Waals surface area contributed by atoms with E-state index in [2.05, 4.69) is 9.97 Å². The molecule has 1 fully saturated rings. The first kappa shape index (κ1) is 13.3. The number of aromatic nitrogens is 2. The second-order valence-electron chi connectivity index (χ2n) is 4.79. The van der Waals surface area contributed by atoms with Crippen LogP contribution in [0.4, 0.5) is 5.69 Å². The van der Waals surface area contributed by atoms with Crippen LogP contribution in [0.2, 0.25) is 0 Å². The van der Waals surface area contributed by atoms with Gasteiger partial charge in [0.15, 0.2) is 11.3 Å². The first-order valence-corrected chi connectivity index (χ1v) is 7.36. The highest BCUT2D eigenvalue weighted by molar-refractivity contribution is 7.99. The van der Waals surface area contributed by atoms with Gasteiger partial charge in [-0.2, -0.15) is 0 Å². The van der Waals surface area contributed by atoms with E-state index in [-0.39, 0.29) is 6.10 Å². The largest absolute Gasteiger partial charge is 0.479 e. The Morgan fingerprint density at radius 2 is 2.40 bits per heavy atom. The topological polar surface area (TPSA) is 101 Å². The van der Waals surface area contributed by atoms with Gasteiger partial charge in [0.25, 0.3) is 0 Å². The fourth-order valence-corrected chi connectivity index (χ4v) is 3.19. The van der Waals surface area contributed by atoms with Crippen LogP contribution >= 0.6 is 11.8 Å². The molecule has 7 heteroatoms. The predicted octanol–water partition coefficient (Wildman–Crippen LogP) is 1.87. The van der Waals surface area contributed by atoms with Gasteiger partial charge in [-0.05, 0) is 31.0 Å². The fourth-order valence-electron chi connectivity index (χ4n) is 2.25. The Balaban J connectivity index is 1.61. The first-order chi connectivity index (χ1) is 9.61. The molecule has 0 bridgehead atoms. The number of anilines is 1. The SMILES string of the molecule is Nc1ccc2nc(SCC3CCC(C(=O)O)O3)[nH]c2c1. The van der Waals surface area contributed by atoms with Crippen molar-refractivity contribution in [3.63, 3.8) is 0 Å². The van der Waals surface area contributed by atoms with Gasteiger partial charge >= 0.3 is 5.97 Å². The number of carbonyl (C=O) groups is 1. The number of carboxylic acid groups (broad SMARTS) is 1. The Labute approximate surface area is 119 Å². The van der Waals surface area contributed by atoms with Gasteiger partial charge in [0.2, 0.25) is 0 Å². The molecule has 2 atom stereocenters. The molecule has 6 nitrogen and oxygen atoms in total. The van der Waals surface area contributed by atoms with Crippen LogP contribution in [0.25, 0.3) is 11.0 Å². The van der Waals surface area contributed by atoms with Crippen molar-refractivity contribution in [3.05, 3.63) is 18.2 Å². The highest BCUT2D eigenvalue weighted by Crippen LogP contribution is 2.27. The summed E-state index contributed by atoms with van der Waals surface area (Å²) in [5.74, 6) is -0.185. The molecule has 2 unspecified atom stereocenters. The maximum atomic E-state index is 10.8. The molecule has 1 saturated heterocycles. The lowest BCUT2D eigenvalue weighted by atomic mass is 10.2. The lowest BCUT2D eigenvalue weighted by Crippen LogP contribution is -2.21. The Morgan fingerprint density at radius 3 is 3.15 bits per heavy atom. The van der Waals surface area contributed by atoms with Gasteiger partial charge in [-0.25, -0.2) is 9.78 Å². The van der Waals surface area contributed by atoms with Crippen molar-refractivity contribution in [2.75, 3.05) is 11.5 Å². The van der Waals surface area contributed by atoms with E-state index in [0.717, 1.165) is 22.6 Å². The predicted molar refractivity (Wildman–Crippen MR) is 76.8 cm³/mol. The summed E-state index contributed by atoms with van der Waals surface area (Å²) in [6, 6.07) is 5.53. The van der Waals surface area contributed by atoms with E-state index >= 15 is 0 Å². The monoisotopic (exact) mass is 293 g/mol. The van der Waals surface area contributed by atoms with Gasteiger partial charge in [-0.1, -0.05) is 11.8 Å². The van der Waals surface area contributed by atoms with Crippen LogP contribution in [0.15, 0.2) is 23.4 Å². The molecule has 106 valence electrons. The number of nitrogens with one attached hydrogen (secondary N) is 1. The van der Waals surface area contributed by atoms with Crippen LogP contribution in [0.3, 0.4) is 0 Å². The number of rotatable bonds is 4. The molecule has 0 radical (unpaired) electrons. The molecule has 2 aromatic rings. The molecule has 20 heavy (non-hydrogen) atoms. The Bertz CT molecular complexity index is 643. The van der Waals surface area contributed by atoms with Crippen LogP contribution < -0.4 is 5.73 Å². The summed E-state index contributed by atoms with van der Waals surface area (Å²) in [7, 11) is 0. The molecule has 0 saturated carbocycles. The molecule has 1 aliphatic heterocycles. The van der Waals surface area contributed by atoms with Crippen LogP contribution in [-0.2, 0) is 9.53 Å². The smallest absolute Gasteiger partial charge is 0.332 e. The van der Waals surface area contributed by atoms with E-state index in [1.807, 2.05) is 18.2 Å². The minimum atomic E-state index is -0.878. The average Bonchev–Trinajstić information content (AvgIpc) is 3.01. The minimum Gasteiger partial charge on any atom is -0.479 e. The molecule has 1 aromatic carbocycles. The molecule has 0 aliphatic carbocycles. The summed E-state index contributed by atoms with van der Waals surface area (Å²) in [6.45, 7) is 0. The van der Waals surface area contributed by atoms with E-state index in [1.165, 1.54) is 11.8 Å². The Kier molecular flexibility index (Phi) is 3.54. The lowest BCUT2D eigenvalue weighted by molar-refractivity contribution is -0.148. The maximum absolute atomic E-state index is 10.8. The van der Waals surface area contributed by atoms with Gasteiger partial charge in [-0.15, -0.1) is 0 Å². The van der Waals surface area contributed by atoms with Crippen molar-refractivity contribution in [2.45, 2.75) is 30.2 Å². The fraction of sp³-hybridized carbons (Fsp3) is 0.385. The Morgan fingerprint density at radius 1 is 1.55 bits per heavy atom. The zero-order valence-electron chi connectivity index (χ0n) is 10.7. The number of hydrogen-bond donors (Lipinski definition) is 3. The highest BCUT2D eigenvalue weighted by atomic mass is 32.2. The number of carboxylic acids is 1. The summed E-state index contributed by atoms with van der Waals surface area (Å²) in [5, 5.41) is 9.67. The normalized spacial score (nSPS) is 22.4. The summed E-state index contributed by atoms with van der Waals surface area (Å²) in [5.41, 5.74) is 8.19. The second kappa shape index (κ2) is 5.34. The zero-order chi connectivity index (χ0) is 14.1. The number of fused-ring (bicyclic) bond motifs is 1. The third-order valence-electron chi connectivity index (χ3n) is 3.27. The third kappa shape index (κ3) is 2.73. The third-order valence-corrected chi connectivity index (χ3v) is 4.28. The van der Waals surface area contributed by atoms with Crippen LogP contribution in [-0.4, -0.2) is 39.0 Å². The standard InChI is InChI=1S/C13H15N3O3S/c14-7-1-3-9-10(5-7)16-13(15-9)20-6-8-2-4-11(19-8)12(17)18/h1,3,5,8,11H,2,4,6,14H2,(H,15,16)(H,17,18). The number of thioether (sulfide) groups is 1. The van der Waals surface area contributed by atoms with Crippen molar-refractivity contribution in [1.29, 1.82) is 0 Å². The molecule has 1 aromatic heterocycles. The Hall–Kier alpha value is -1.73. The van der Waals surface area contributed by atoms with E-state index in [4.69, 9.17) is 15.6 Å². The molecule has 3 rings (SSSR count). The van der Waals surface area contributed by atoms with E-state index in [9.17, 15) is 4.79 Å². The second-order valence-corrected chi connectivity index (χ2v) is 5.80. The molecule has 2 heterocycles. The molecule has 4 N–H and O–H groups in total. The van der Waals surface area contributed by atoms with Crippen LogP contribution in [0.1, 0.15) is 12.8 Å². The van der Waals surface area contributed by atoms with E-state index in [1.54, 1.807) is 0 Å². The number of aromatic amines is 1. The number of H-pyrrole nitrogens is 1. The van der Waals surface area contributed by atoms with Gasteiger partial charge in [0.1, 0.15) is 0 Å². The highest BCUT2D eigenvalue weighted by Gasteiger charge is 2.30. The molecule has 0 spiro atoms. The maximum Gasteiger partial charge on any atom is 0.332 e. The van der Waals surface area contributed by atoms with E-state index in [0.29, 0.717) is 17.9 Å². The quantitative estimate of drug-likeness (QED) is 0.587. The van der Waals surface area contributed by atoms with Crippen molar-refractivity contribution in [1.82, 2.24) is 9.97 Å². The van der Waals surface area contributed by atoms with Gasteiger partial charge in [0, 0.05) is 11.4 Å². The number of aliphatic carboxylic acids is 1. The van der Waals surface area contributed by atoms with Gasteiger partial charge in [0.05, 0.1) is 17.1 Å². The minimum absolute atomic E-state index is 0.0284. The van der Waals surface area contributed by atoms with Crippen LogP contribution in [0, 0.1) is 0 Å². The van der Waals surface area contributed by atoms with Crippen molar-refractivity contribution < 1.29 is 14.6 Å². The molecular weight excluding hydrogens is 278 g/mol. The van der Waals surface area contributed by atoms with Crippen molar-refractivity contribution in [3.8, 4) is 0 Å². The molecule has 1 aliphatic rings. The average molecular weight is 293 g/mol. The summed E-state index contributed by atoms with van der Waals surface area (Å²) >= 11 is 1.54. The van der Waals surface area contributed by atoms with Crippen molar-refractivity contribution in [2.24, 2.45) is 0 Å². The lowest BCUT2D eigenvalue weighted by Gasteiger charge is -2.09. The van der Waals surface area contributed by atoms with Gasteiger partial charge in [-0.3, -0.25) is 0 Å².